The number of aromatic amines is 1. The van der Waals surface area contributed by atoms with E-state index in [-0.39, 0.29) is 10.9 Å². The minimum absolute atomic E-state index is 0.167. The summed E-state index contributed by atoms with van der Waals surface area (Å²) in [6.45, 7) is 5.72. The molecule has 9 heteroatoms. The number of benzene rings is 1. The first-order valence-corrected chi connectivity index (χ1v) is 10.1. The van der Waals surface area contributed by atoms with Crippen LogP contribution in [0.15, 0.2) is 29.2 Å². The first-order chi connectivity index (χ1) is 11.9. The van der Waals surface area contributed by atoms with Gasteiger partial charge in [0.2, 0.25) is 10.0 Å². The van der Waals surface area contributed by atoms with E-state index in [2.05, 4.69) is 24.0 Å². The summed E-state index contributed by atoms with van der Waals surface area (Å²) in [5.74, 6) is 0.651. The highest BCUT2D eigenvalue weighted by atomic mass is 32.2. The zero-order valence-corrected chi connectivity index (χ0v) is 15.9. The topological polar surface area (TPSA) is 80.2 Å². The Morgan fingerprint density at radius 2 is 2.08 bits per heavy atom. The van der Waals surface area contributed by atoms with Crippen molar-refractivity contribution in [3.63, 3.8) is 0 Å². The van der Waals surface area contributed by atoms with Crippen LogP contribution in [-0.4, -0.2) is 53.8 Å². The molecule has 0 saturated carbocycles. The number of ether oxygens (including phenoxy) is 1. The molecule has 1 aromatic carbocycles. The van der Waals surface area contributed by atoms with Gasteiger partial charge in [-0.3, -0.25) is 9.67 Å². The fourth-order valence-electron chi connectivity index (χ4n) is 2.83. The van der Waals surface area contributed by atoms with Crippen molar-refractivity contribution in [2.75, 3.05) is 26.3 Å². The summed E-state index contributed by atoms with van der Waals surface area (Å²) >= 11 is 5.33. The highest BCUT2D eigenvalue weighted by Crippen LogP contribution is 2.26. The van der Waals surface area contributed by atoms with Gasteiger partial charge in [0.05, 0.1) is 18.1 Å². The van der Waals surface area contributed by atoms with Gasteiger partial charge in [-0.1, -0.05) is 19.1 Å². The van der Waals surface area contributed by atoms with Crippen LogP contribution in [0.4, 0.5) is 0 Å². The SMILES string of the molecule is CCC(C)n1c(-c2cccc(S(=O)(=O)N3CCOCC3)c2)n[nH]c1=S. The average Bonchev–Trinajstić information content (AvgIpc) is 3.03. The van der Waals surface area contributed by atoms with Crippen LogP contribution < -0.4 is 0 Å². The van der Waals surface area contributed by atoms with Crippen molar-refractivity contribution < 1.29 is 13.2 Å². The lowest BCUT2D eigenvalue weighted by Crippen LogP contribution is -2.40. The number of sulfonamides is 1. The maximum atomic E-state index is 12.9. The summed E-state index contributed by atoms with van der Waals surface area (Å²) in [6.07, 6.45) is 0.895. The lowest BCUT2D eigenvalue weighted by Gasteiger charge is -2.26. The van der Waals surface area contributed by atoms with Crippen LogP contribution in [0.2, 0.25) is 0 Å². The molecule has 0 aliphatic carbocycles. The van der Waals surface area contributed by atoms with Gasteiger partial charge >= 0.3 is 0 Å². The summed E-state index contributed by atoms with van der Waals surface area (Å²) < 4.78 is 34.9. The van der Waals surface area contributed by atoms with Crippen LogP contribution in [0.25, 0.3) is 11.4 Å². The monoisotopic (exact) mass is 382 g/mol. The van der Waals surface area contributed by atoms with E-state index in [0.29, 0.717) is 36.9 Å². The van der Waals surface area contributed by atoms with Gasteiger partial charge in [-0.2, -0.15) is 9.40 Å². The van der Waals surface area contributed by atoms with Gasteiger partial charge < -0.3 is 4.74 Å². The van der Waals surface area contributed by atoms with E-state index in [1.807, 2.05) is 10.6 Å². The number of aromatic nitrogens is 3. The summed E-state index contributed by atoms with van der Waals surface area (Å²) in [5.41, 5.74) is 0.724. The zero-order chi connectivity index (χ0) is 18.0. The molecule has 136 valence electrons. The second-order valence-electron chi connectivity index (χ2n) is 6.02. The van der Waals surface area contributed by atoms with Crippen molar-refractivity contribution in [3.8, 4) is 11.4 Å². The van der Waals surface area contributed by atoms with E-state index in [1.54, 1.807) is 18.2 Å². The molecule has 25 heavy (non-hydrogen) atoms. The van der Waals surface area contributed by atoms with Gasteiger partial charge in [-0.15, -0.1) is 0 Å². The van der Waals surface area contributed by atoms with Gasteiger partial charge in [0.25, 0.3) is 0 Å². The largest absolute Gasteiger partial charge is 0.379 e. The summed E-state index contributed by atoms with van der Waals surface area (Å²) in [5, 5.41) is 7.12. The zero-order valence-electron chi connectivity index (χ0n) is 14.3. The Morgan fingerprint density at radius 1 is 1.36 bits per heavy atom. The fourth-order valence-corrected chi connectivity index (χ4v) is 4.60. The number of rotatable bonds is 5. The van der Waals surface area contributed by atoms with Crippen LogP contribution >= 0.6 is 12.2 Å². The number of morpholine rings is 1. The lowest BCUT2D eigenvalue weighted by atomic mass is 10.2. The van der Waals surface area contributed by atoms with E-state index < -0.39 is 10.0 Å². The molecular formula is C16H22N4O3S2. The highest BCUT2D eigenvalue weighted by molar-refractivity contribution is 7.89. The minimum Gasteiger partial charge on any atom is -0.379 e. The Morgan fingerprint density at radius 3 is 2.76 bits per heavy atom. The number of H-pyrrole nitrogens is 1. The Balaban J connectivity index is 2.02. The molecule has 1 aromatic heterocycles. The standard InChI is InChI=1S/C16H22N4O3S2/c1-3-12(2)20-15(17-18-16(20)24)13-5-4-6-14(11-13)25(21,22)19-7-9-23-10-8-19/h4-6,11-12H,3,7-10H2,1-2H3,(H,18,24). The van der Waals surface area contributed by atoms with E-state index in [0.717, 1.165) is 12.0 Å². The predicted octanol–water partition coefficient (Wildman–Crippen LogP) is 2.60. The lowest BCUT2D eigenvalue weighted by molar-refractivity contribution is 0.0730. The third-order valence-electron chi connectivity index (χ3n) is 4.44. The number of hydrogen-bond donors (Lipinski definition) is 1. The van der Waals surface area contributed by atoms with Crippen molar-refractivity contribution in [2.45, 2.75) is 31.2 Å². The van der Waals surface area contributed by atoms with Crippen molar-refractivity contribution in [1.29, 1.82) is 0 Å². The first-order valence-electron chi connectivity index (χ1n) is 8.30. The van der Waals surface area contributed by atoms with E-state index in [4.69, 9.17) is 17.0 Å². The van der Waals surface area contributed by atoms with E-state index >= 15 is 0 Å². The molecule has 0 bridgehead atoms. The van der Waals surface area contributed by atoms with Gasteiger partial charge in [-0.25, -0.2) is 8.42 Å². The Kier molecular flexibility index (Phi) is 5.38. The van der Waals surface area contributed by atoms with E-state index in [1.165, 1.54) is 4.31 Å². The van der Waals surface area contributed by atoms with Crippen molar-refractivity contribution in [1.82, 2.24) is 19.1 Å². The van der Waals surface area contributed by atoms with Crippen molar-refractivity contribution >= 4 is 22.2 Å². The molecule has 1 aliphatic rings. The Hall–Kier alpha value is -1.55. The summed E-state index contributed by atoms with van der Waals surface area (Å²) in [7, 11) is -3.54. The smallest absolute Gasteiger partial charge is 0.243 e. The second-order valence-corrected chi connectivity index (χ2v) is 8.35. The predicted molar refractivity (Wildman–Crippen MR) is 97.4 cm³/mol. The normalized spacial score (nSPS) is 17.5. The molecule has 0 radical (unpaired) electrons. The maximum absolute atomic E-state index is 12.9. The minimum atomic E-state index is -3.54. The number of hydrogen-bond acceptors (Lipinski definition) is 5. The Labute approximate surface area is 152 Å². The molecular weight excluding hydrogens is 360 g/mol. The Bertz CT molecular complexity index is 898. The van der Waals surface area contributed by atoms with Crippen molar-refractivity contribution in [3.05, 3.63) is 29.0 Å². The summed E-state index contributed by atoms with van der Waals surface area (Å²) in [6, 6.07) is 7.03. The molecule has 2 heterocycles. The van der Waals surface area contributed by atoms with Crippen LogP contribution in [0.5, 0.6) is 0 Å². The molecule has 1 atom stereocenters. The quantitative estimate of drug-likeness (QED) is 0.804. The first kappa shape index (κ1) is 18.2. The van der Waals surface area contributed by atoms with Crippen LogP contribution in [0, 0.1) is 4.77 Å². The molecule has 1 aliphatic heterocycles. The third kappa shape index (κ3) is 3.55. The molecule has 1 fully saturated rings. The van der Waals surface area contributed by atoms with Crippen molar-refractivity contribution in [2.24, 2.45) is 0 Å². The second kappa shape index (κ2) is 7.36. The third-order valence-corrected chi connectivity index (χ3v) is 6.62. The number of nitrogens with zero attached hydrogens (tertiary/aromatic N) is 3. The molecule has 1 unspecified atom stereocenters. The van der Waals surface area contributed by atoms with Gasteiger partial charge in [-0.05, 0) is 37.7 Å². The molecule has 7 nitrogen and oxygen atoms in total. The molecule has 2 aromatic rings. The maximum Gasteiger partial charge on any atom is 0.243 e. The molecule has 0 spiro atoms. The van der Waals surface area contributed by atoms with Crippen LogP contribution in [0.1, 0.15) is 26.3 Å². The van der Waals surface area contributed by atoms with E-state index in [9.17, 15) is 8.42 Å². The molecule has 0 amide bonds. The highest BCUT2D eigenvalue weighted by Gasteiger charge is 2.27. The molecule has 3 rings (SSSR count). The number of nitrogens with one attached hydrogen (secondary N) is 1. The summed E-state index contributed by atoms with van der Waals surface area (Å²) in [4.78, 5) is 0.261. The van der Waals surface area contributed by atoms with Crippen LogP contribution in [0.3, 0.4) is 0 Å². The van der Waals surface area contributed by atoms with Gasteiger partial charge in [0.15, 0.2) is 10.6 Å². The molecule has 1 saturated heterocycles. The van der Waals surface area contributed by atoms with Crippen LogP contribution in [-0.2, 0) is 14.8 Å². The fraction of sp³-hybridized carbons (Fsp3) is 0.500. The van der Waals surface area contributed by atoms with Gasteiger partial charge in [0.1, 0.15) is 0 Å². The molecule has 1 N–H and O–H groups in total. The van der Waals surface area contributed by atoms with Gasteiger partial charge in [0, 0.05) is 24.7 Å². The average molecular weight is 383 g/mol.